The highest BCUT2D eigenvalue weighted by molar-refractivity contribution is 9.10. The monoisotopic (exact) mass is 485 g/mol. The van der Waals surface area contributed by atoms with Gasteiger partial charge in [0.1, 0.15) is 16.5 Å². The van der Waals surface area contributed by atoms with Crippen molar-refractivity contribution >= 4 is 55.0 Å². The van der Waals surface area contributed by atoms with Crippen LogP contribution in [-0.2, 0) is 0 Å². The second kappa shape index (κ2) is 7.81. The number of thiophene rings is 1. The first-order valence-electron chi connectivity index (χ1n) is 10.3. The van der Waals surface area contributed by atoms with Crippen molar-refractivity contribution in [3.63, 3.8) is 0 Å². The van der Waals surface area contributed by atoms with Crippen LogP contribution in [-0.4, -0.2) is 47.1 Å². The molecule has 2 aromatic heterocycles. The summed E-state index contributed by atoms with van der Waals surface area (Å²) in [7, 11) is 0. The maximum absolute atomic E-state index is 12.7. The average molecular weight is 486 g/mol. The Bertz CT molecular complexity index is 1120. The Balaban J connectivity index is 1.35. The van der Waals surface area contributed by atoms with Crippen molar-refractivity contribution in [2.75, 3.05) is 36.4 Å². The molecule has 30 heavy (non-hydrogen) atoms. The highest BCUT2D eigenvalue weighted by Gasteiger charge is 2.31. The number of hydrogen-bond donors (Lipinski definition) is 1. The van der Waals surface area contributed by atoms with Crippen molar-refractivity contribution in [3.05, 3.63) is 45.0 Å². The number of fused-ring (bicyclic) bond motifs is 1. The SMILES string of the molecule is Cc1sc2nc(C3CC3)nc(N3CCN(C(=O)Nc4ccccc4Br)CC3)c2c1C. The molecule has 1 aromatic carbocycles. The number of benzene rings is 1. The van der Waals surface area contributed by atoms with Gasteiger partial charge in [0, 0.05) is 41.4 Å². The molecule has 0 spiro atoms. The van der Waals surface area contributed by atoms with Gasteiger partial charge in [-0.05, 0) is 60.3 Å². The second-order valence-electron chi connectivity index (χ2n) is 8.03. The zero-order valence-corrected chi connectivity index (χ0v) is 19.5. The molecule has 1 aliphatic heterocycles. The quantitative estimate of drug-likeness (QED) is 0.546. The molecule has 2 amide bonds. The van der Waals surface area contributed by atoms with Crippen LogP contribution in [0.5, 0.6) is 0 Å². The lowest BCUT2D eigenvalue weighted by atomic mass is 10.2. The lowest BCUT2D eigenvalue weighted by Gasteiger charge is -2.36. The van der Waals surface area contributed by atoms with E-state index in [-0.39, 0.29) is 6.03 Å². The number of urea groups is 1. The summed E-state index contributed by atoms with van der Waals surface area (Å²) in [6.45, 7) is 7.21. The molecule has 1 N–H and O–H groups in total. The van der Waals surface area contributed by atoms with Crippen LogP contribution in [0.3, 0.4) is 0 Å². The molecule has 1 aliphatic carbocycles. The molecule has 8 heteroatoms. The predicted molar refractivity (Wildman–Crippen MR) is 126 cm³/mol. The minimum absolute atomic E-state index is 0.0596. The van der Waals surface area contributed by atoms with E-state index in [2.05, 4.69) is 40.0 Å². The maximum Gasteiger partial charge on any atom is 0.321 e. The van der Waals surface area contributed by atoms with Gasteiger partial charge in [0.25, 0.3) is 0 Å². The Morgan fingerprint density at radius 1 is 1.13 bits per heavy atom. The fourth-order valence-corrected chi connectivity index (χ4v) is 5.29. The van der Waals surface area contributed by atoms with Gasteiger partial charge in [-0.15, -0.1) is 11.3 Å². The normalized spacial score (nSPS) is 16.9. The number of carbonyl (C=O) groups excluding carboxylic acids is 1. The number of anilines is 2. The third-order valence-electron chi connectivity index (χ3n) is 5.95. The van der Waals surface area contributed by atoms with Gasteiger partial charge in [-0.3, -0.25) is 0 Å². The number of para-hydroxylation sites is 1. The summed E-state index contributed by atoms with van der Waals surface area (Å²) in [6, 6.07) is 7.62. The van der Waals surface area contributed by atoms with E-state index in [0.29, 0.717) is 19.0 Å². The topological polar surface area (TPSA) is 61.4 Å². The summed E-state index contributed by atoms with van der Waals surface area (Å²) >= 11 is 5.26. The van der Waals surface area contributed by atoms with Crippen LogP contribution in [0, 0.1) is 13.8 Å². The Hall–Kier alpha value is -2.19. The summed E-state index contributed by atoms with van der Waals surface area (Å²) in [5.74, 6) is 2.56. The number of rotatable bonds is 3. The fraction of sp³-hybridized carbons (Fsp3) is 0.409. The molecule has 3 heterocycles. The van der Waals surface area contributed by atoms with Gasteiger partial charge in [0.15, 0.2) is 0 Å². The van der Waals surface area contributed by atoms with Gasteiger partial charge in [-0.2, -0.15) is 0 Å². The summed E-state index contributed by atoms with van der Waals surface area (Å²) in [5, 5.41) is 4.19. The minimum Gasteiger partial charge on any atom is -0.352 e. The van der Waals surface area contributed by atoms with E-state index >= 15 is 0 Å². The standard InChI is InChI=1S/C22H24BrN5OS/c1-13-14(2)30-21-18(13)20(25-19(26-21)15-7-8-15)27-9-11-28(12-10-27)22(29)24-17-6-4-3-5-16(17)23/h3-6,15H,7-12H2,1-2H3,(H,24,29). The average Bonchev–Trinajstić information content (AvgIpc) is 3.56. The van der Waals surface area contributed by atoms with Gasteiger partial charge < -0.3 is 15.1 Å². The Labute approximate surface area is 188 Å². The number of carbonyl (C=O) groups is 1. The number of piperazine rings is 1. The third kappa shape index (κ3) is 3.67. The first-order valence-corrected chi connectivity index (χ1v) is 11.9. The van der Waals surface area contributed by atoms with E-state index in [1.54, 1.807) is 11.3 Å². The molecule has 1 saturated heterocycles. The summed E-state index contributed by atoms with van der Waals surface area (Å²) in [4.78, 5) is 29.2. The number of aromatic nitrogens is 2. The van der Waals surface area contributed by atoms with Gasteiger partial charge in [0.05, 0.1) is 11.1 Å². The molecule has 0 unspecified atom stereocenters. The van der Waals surface area contributed by atoms with E-state index in [9.17, 15) is 4.79 Å². The van der Waals surface area contributed by atoms with Crippen molar-refractivity contribution in [1.29, 1.82) is 0 Å². The van der Waals surface area contributed by atoms with Gasteiger partial charge >= 0.3 is 6.03 Å². The van der Waals surface area contributed by atoms with Crippen molar-refractivity contribution in [3.8, 4) is 0 Å². The molecule has 6 nitrogen and oxygen atoms in total. The van der Waals surface area contributed by atoms with Crippen LogP contribution >= 0.6 is 27.3 Å². The minimum atomic E-state index is -0.0596. The summed E-state index contributed by atoms with van der Waals surface area (Å²) < 4.78 is 0.885. The number of halogens is 1. The van der Waals surface area contributed by atoms with Crippen LogP contribution in [0.1, 0.15) is 35.0 Å². The van der Waals surface area contributed by atoms with Gasteiger partial charge in [0.2, 0.25) is 0 Å². The van der Waals surface area contributed by atoms with Gasteiger partial charge in [-0.25, -0.2) is 14.8 Å². The fourth-order valence-electron chi connectivity index (χ4n) is 3.88. The van der Waals surface area contributed by atoms with Crippen molar-refractivity contribution in [1.82, 2.24) is 14.9 Å². The highest BCUT2D eigenvalue weighted by Crippen LogP contribution is 2.42. The molecule has 3 aromatic rings. The van der Waals surface area contributed by atoms with E-state index in [4.69, 9.17) is 9.97 Å². The van der Waals surface area contributed by atoms with E-state index in [1.807, 2.05) is 29.2 Å². The summed E-state index contributed by atoms with van der Waals surface area (Å²) in [5.41, 5.74) is 2.07. The molecule has 1 saturated carbocycles. The third-order valence-corrected chi connectivity index (χ3v) is 7.74. The van der Waals surface area contributed by atoms with E-state index < -0.39 is 0 Å². The zero-order valence-electron chi connectivity index (χ0n) is 17.1. The zero-order chi connectivity index (χ0) is 20.8. The van der Waals surface area contributed by atoms with Crippen LogP contribution in [0.25, 0.3) is 10.2 Å². The first kappa shape index (κ1) is 19.8. The molecule has 0 radical (unpaired) electrons. The van der Waals surface area contributed by atoms with Crippen molar-refractivity contribution in [2.45, 2.75) is 32.6 Å². The Morgan fingerprint density at radius 2 is 1.87 bits per heavy atom. The van der Waals surface area contributed by atoms with Crippen LogP contribution in [0.4, 0.5) is 16.3 Å². The number of aryl methyl sites for hydroxylation is 2. The molecular formula is C22H24BrN5OS. The molecular weight excluding hydrogens is 462 g/mol. The second-order valence-corrected chi connectivity index (χ2v) is 10.1. The van der Waals surface area contributed by atoms with Crippen LogP contribution in [0.2, 0.25) is 0 Å². The van der Waals surface area contributed by atoms with Gasteiger partial charge in [-0.1, -0.05) is 12.1 Å². The lowest BCUT2D eigenvalue weighted by molar-refractivity contribution is 0.208. The lowest BCUT2D eigenvalue weighted by Crippen LogP contribution is -2.50. The Morgan fingerprint density at radius 3 is 2.57 bits per heavy atom. The molecule has 0 atom stereocenters. The molecule has 156 valence electrons. The van der Waals surface area contributed by atoms with Crippen molar-refractivity contribution < 1.29 is 4.79 Å². The molecule has 5 rings (SSSR count). The van der Waals surface area contributed by atoms with Crippen LogP contribution in [0.15, 0.2) is 28.7 Å². The molecule has 2 fully saturated rings. The number of nitrogens with one attached hydrogen (secondary N) is 1. The van der Waals surface area contributed by atoms with E-state index in [1.165, 1.54) is 28.7 Å². The predicted octanol–water partition coefficient (Wildman–Crippen LogP) is 5.30. The Kier molecular flexibility index (Phi) is 5.14. The van der Waals surface area contributed by atoms with E-state index in [0.717, 1.165) is 39.7 Å². The molecule has 2 aliphatic rings. The number of amides is 2. The first-order chi connectivity index (χ1) is 14.5. The number of hydrogen-bond acceptors (Lipinski definition) is 5. The largest absolute Gasteiger partial charge is 0.352 e. The molecule has 0 bridgehead atoms. The smallest absolute Gasteiger partial charge is 0.321 e. The highest BCUT2D eigenvalue weighted by atomic mass is 79.9. The number of nitrogens with zero attached hydrogens (tertiary/aromatic N) is 4. The van der Waals surface area contributed by atoms with Crippen LogP contribution < -0.4 is 10.2 Å². The van der Waals surface area contributed by atoms with Crippen molar-refractivity contribution in [2.24, 2.45) is 0 Å². The maximum atomic E-state index is 12.7. The summed E-state index contributed by atoms with van der Waals surface area (Å²) in [6.07, 6.45) is 2.38.